The van der Waals surface area contributed by atoms with Crippen LogP contribution in [0.5, 0.6) is 0 Å². The molecule has 8 heteroatoms. The minimum atomic E-state index is -0.589. The molecule has 2 aromatic heterocycles. The van der Waals surface area contributed by atoms with Gasteiger partial charge in [-0.25, -0.2) is 0 Å². The van der Waals surface area contributed by atoms with Gasteiger partial charge in [0.05, 0.1) is 17.1 Å². The molecule has 27 heavy (non-hydrogen) atoms. The average Bonchev–Trinajstić information content (AvgIpc) is 3.19. The van der Waals surface area contributed by atoms with E-state index in [4.69, 9.17) is 11.6 Å². The fourth-order valence-electron chi connectivity index (χ4n) is 2.76. The normalized spacial score (nSPS) is 12.1. The summed E-state index contributed by atoms with van der Waals surface area (Å²) in [5.74, 6) is -0.454. The molecular formula is C19H21ClN4O2S. The van der Waals surface area contributed by atoms with Gasteiger partial charge in [-0.3, -0.25) is 14.3 Å². The third kappa shape index (κ3) is 4.31. The molecular weight excluding hydrogens is 384 g/mol. The monoisotopic (exact) mass is 404 g/mol. The van der Waals surface area contributed by atoms with E-state index in [0.29, 0.717) is 23.0 Å². The molecule has 0 fully saturated rings. The number of hydrogen-bond acceptors (Lipinski definition) is 4. The van der Waals surface area contributed by atoms with E-state index in [9.17, 15) is 9.59 Å². The van der Waals surface area contributed by atoms with Crippen molar-refractivity contribution in [3.8, 4) is 0 Å². The lowest BCUT2D eigenvalue weighted by Gasteiger charge is -2.12. The molecule has 2 heterocycles. The molecule has 0 radical (unpaired) electrons. The lowest BCUT2D eigenvalue weighted by Crippen LogP contribution is -2.44. The van der Waals surface area contributed by atoms with E-state index in [2.05, 4.69) is 15.7 Å². The molecule has 2 amide bonds. The van der Waals surface area contributed by atoms with Crippen molar-refractivity contribution in [2.45, 2.75) is 33.4 Å². The van der Waals surface area contributed by atoms with E-state index in [0.717, 1.165) is 21.5 Å². The first kappa shape index (κ1) is 19.4. The van der Waals surface area contributed by atoms with Crippen molar-refractivity contribution in [1.82, 2.24) is 20.4 Å². The SMILES string of the molecule is CCNC(=O)[C@@H](C)NC(=O)c1cc2c(C)nn(Cc3ccc(Cl)cc3)c2s1. The van der Waals surface area contributed by atoms with Crippen LogP contribution in [-0.4, -0.2) is 34.2 Å². The van der Waals surface area contributed by atoms with Crippen molar-refractivity contribution in [3.05, 3.63) is 51.5 Å². The second-order valence-electron chi connectivity index (χ2n) is 6.29. The standard InChI is InChI=1S/C19H21ClN4O2S/c1-4-21-17(25)12(3)22-18(26)16-9-15-11(2)23-24(19(15)27-16)10-13-5-7-14(20)8-6-13/h5-9,12H,4,10H2,1-3H3,(H,21,25)(H,22,26)/t12-/m1/s1. The molecule has 3 rings (SSSR count). The van der Waals surface area contributed by atoms with Crippen molar-refractivity contribution in [3.63, 3.8) is 0 Å². The van der Waals surface area contributed by atoms with Gasteiger partial charge in [-0.05, 0) is 44.5 Å². The molecule has 0 spiro atoms. The Kier molecular flexibility index (Phi) is 5.82. The number of carbonyl (C=O) groups is 2. The zero-order valence-electron chi connectivity index (χ0n) is 15.4. The predicted molar refractivity (Wildman–Crippen MR) is 109 cm³/mol. The number of nitrogens with one attached hydrogen (secondary N) is 2. The average molecular weight is 405 g/mol. The summed E-state index contributed by atoms with van der Waals surface area (Å²) in [6.45, 7) is 6.56. The Morgan fingerprint density at radius 1 is 1.30 bits per heavy atom. The van der Waals surface area contributed by atoms with Crippen LogP contribution in [0.2, 0.25) is 5.02 Å². The van der Waals surface area contributed by atoms with Gasteiger partial charge in [-0.1, -0.05) is 23.7 Å². The topological polar surface area (TPSA) is 76.0 Å². The molecule has 1 atom stereocenters. The highest BCUT2D eigenvalue weighted by Crippen LogP contribution is 2.29. The highest BCUT2D eigenvalue weighted by molar-refractivity contribution is 7.20. The lowest BCUT2D eigenvalue weighted by molar-refractivity contribution is -0.122. The number of aromatic nitrogens is 2. The number of benzene rings is 1. The van der Waals surface area contributed by atoms with Crippen LogP contribution >= 0.6 is 22.9 Å². The molecule has 1 aromatic carbocycles. The van der Waals surface area contributed by atoms with Crippen LogP contribution in [-0.2, 0) is 11.3 Å². The van der Waals surface area contributed by atoms with Crippen LogP contribution in [0.25, 0.3) is 10.2 Å². The molecule has 0 aliphatic heterocycles. The Hall–Kier alpha value is -2.38. The van der Waals surface area contributed by atoms with Crippen LogP contribution in [0.4, 0.5) is 0 Å². The Morgan fingerprint density at radius 3 is 2.67 bits per heavy atom. The number of aryl methyl sites for hydroxylation is 1. The summed E-state index contributed by atoms with van der Waals surface area (Å²) < 4.78 is 1.89. The molecule has 0 aliphatic carbocycles. The maximum atomic E-state index is 12.5. The molecule has 2 N–H and O–H groups in total. The van der Waals surface area contributed by atoms with E-state index < -0.39 is 6.04 Å². The summed E-state index contributed by atoms with van der Waals surface area (Å²) in [7, 11) is 0. The number of fused-ring (bicyclic) bond motifs is 1. The van der Waals surface area contributed by atoms with Crippen molar-refractivity contribution in [1.29, 1.82) is 0 Å². The maximum absolute atomic E-state index is 12.5. The number of rotatable bonds is 6. The number of carbonyl (C=O) groups excluding carboxylic acids is 2. The zero-order chi connectivity index (χ0) is 19.6. The lowest BCUT2D eigenvalue weighted by atomic mass is 10.2. The minimum Gasteiger partial charge on any atom is -0.355 e. The molecule has 6 nitrogen and oxygen atoms in total. The van der Waals surface area contributed by atoms with Gasteiger partial charge in [0.15, 0.2) is 0 Å². The molecule has 0 saturated carbocycles. The number of halogens is 1. The third-order valence-electron chi connectivity index (χ3n) is 4.17. The van der Waals surface area contributed by atoms with Crippen LogP contribution in [0.1, 0.15) is 34.8 Å². The summed E-state index contributed by atoms with van der Waals surface area (Å²) in [4.78, 5) is 25.8. The second kappa shape index (κ2) is 8.10. The molecule has 0 saturated heterocycles. The fraction of sp³-hybridized carbons (Fsp3) is 0.316. The van der Waals surface area contributed by atoms with E-state index >= 15 is 0 Å². The first-order valence-corrected chi connectivity index (χ1v) is 9.88. The Morgan fingerprint density at radius 2 is 2.00 bits per heavy atom. The largest absolute Gasteiger partial charge is 0.355 e. The van der Waals surface area contributed by atoms with Gasteiger partial charge in [0.25, 0.3) is 5.91 Å². The fourth-order valence-corrected chi connectivity index (χ4v) is 3.95. The van der Waals surface area contributed by atoms with E-state index in [-0.39, 0.29) is 11.8 Å². The third-order valence-corrected chi connectivity index (χ3v) is 5.57. The summed E-state index contributed by atoms with van der Waals surface area (Å²) >= 11 is 7.32. The Bertz CT molecular complexity index is 978. The van der Waals surface area contributed by atoms with Crippen LogP contribution in [0.15, 0.2) is 30.3 Å². The molecule has 0 unspecified atom stereocenters. The smallest absolute Gasteiger partial charge is 0.262 e. The van der Waals surface area contributed by atoms with Crippen molar-refractivity contribution in [2.75, 3.05) is 6.54 Å². The molecule has 0 aliphatic rings. The number of nitrogens with zero attached hydrogens (tertiary/aromatic N) is 2. The van der Waals surface area contributed by atoms with Crippen molar-refractivity contribution >= 4 is 45.0 Å². The number of amides is 2. The second-order valence-corrected chi connectivity index (χ2v) is 7.76. The highest BCUT2D eigenvalue weighted by atomic mass is 35.5. The van der Waals surface area contributed by atoms with E-state index in [1.165, 1.54) is 11.3 Å². The van der Waals surface area contributed by atoms with Crippen molar-refractivity contribution in [2.24, 2.45) is 0 Å². The van der Waals surface area contributed by atoms with Gasteiger partial charge in [0.2, 0.25) is 5.91 Å². The number of thiophene rings is 1. The predicted octanol–water partition coefficient (Wildman–Crippen LogP) is 3.36. The quantitative estimate of drug-likeness (QED) is 0.661. The van der Waals surface area contributed by atoms with Gasteiger partial charge in [-0.2, -0.15) is 5.10 Å². The Balaban J connectivity index is 1.81. The van der Waals surface area contributed by atoms with Gasteiger partial charge in [0.1, 0.15) is 10.9 Å². The van der Waals surface area contributed by atoms with Gasteiger partial charge in [-0.15, -0.1) is 11.3 Å². The molecule has 142 valence electrons. The summed E-state index contributed by atoms with van der Waals surface area (Å²) in [5.41, 5.74) is 1.94. The van der Waals surface area contributed by atoms with E-state index in [1.54, 1.807) is 6.92 Å². The van der Waals surface area contributed by atoms with E-state index in [1.807, 2.05) is 48.9 Å². The summed E-state index contributed by atoms with van der Waals surface area (Å²) in [6.07, 6.45) is 0. The summed E-state index contributed by atoms with van der Waals surface area (Å²) in [6, 6.07) is 8.86. The molecule has 3 aromatic rings. The van der Waals surface area contributed by atoms with Gasteiger partial charge >= 0.3 is 0 Å². The first-order valence-electron chi connectivity index (χ1n) is 8.69. The van der Waals surface area contributed by atoms with Gasteiger partial charge < -0.3 is 10.6 Å². The van der Waals surface area contributed by atoms with Crippen molar-refractivity contribution < 1.29 is 9.59 Å². The Labute approximate surface area is 166 Å². The summed E-state index contributed by atoms with van der Waals surface area (Å²) in [5, 5.41) is 11.7. The molecule has 0 bridgehead atoms. The van der Waals surface area contributed by atoms with Gasteiger partial charge in [0, 0.05) is 17.0 Å². The van der Waals surface area contributed by atoms with Crippen LogP contribution in [0, 0.1) is 6.92 Å². The first-order chi connectivity index (χ1) is 12.9. The maximum Gasteiger partial charge on any atom is 0.262 e. The van der Waals surface area contributed by atoms with Crippen LogP contribution in [0.3, 0.4) is 0 Å². The number of likely N-dealkylation sites (N-methyl/N-ethyl adjacent to an activating group) is 1. The zero-order valence-corrected chi connectivity index (χ0v) is 16.9. The highest BCUT2D eigenvalue weighted by Gasteiger charge is 2.20. The van der Waals surface area contributed by atoms with Crippen LogP contribution < -0.4 is 10.6 Å². The minimum absolute atomic E-state index is 0.197. The number of hydrogen-bond donors (Lipinski definition) is 2.